The number of hydrogen-bond donors (Lipinski definition) is 1. The summed E-state index contributed by atoms with van der Waals surface area (Å²) in [5.74, 6) is 0.901. The fourth-order valence-electron chi connectivity index (χ4n) is 3.31. The number of nitrogens with one attached hydrogen (secondary N) is 1. The third-order valence-corrected chi connectivity index (χ3v) is 5.57. The van der Waals surface area contributed by atoms with E-state index in [-0.39, 0.29) is 5.91 Å². The molecule has 2 heterocycles. The van der Waals surface area contributed by atoms with Crippen LogP contribution in [-0.2, 0) is 11.3 Å². The minimum atomic E-state index is -0.0715. The van der Waals surface area contributed by atoms with Gasteiger partial charge in [-0.15, -0.1) is 10.2 Å². The maximum absolute atomic E-state index is 12.3. The maximum Gasteiger partial charge on any atom is 0.249 e. The van der Waals surface area contributed by atoms with Crippen LogP contribution in [0.4, 0.5) is 5.69 Å². The Balaban J connectivity index is 1.26. The molecule has 0 bridgehead atoms. The van der Waals surface area contributed by atoms with Gasteiger partial charge in [-0.1, -0.05) is 47.5 Å². The molecule has 3 aromatic rings. The number of hydrogen-bond acceptors (Lipinski definition) is 6. The molecule has 1 aliphatic rings. The highest BCUT2D eigenvalue weighted by Crippen LogP contribution is 2.26. The van der Waals surface area contributed by atoms with Crippen molar-refractivity contribution in [3.05, 3.63) is 64.5 Å². The molecule has 0 unspecified atom stereocenters. The van der Waals surface area contributed by atoms with Gasteiger partial charge in [0.2, 0.25) is 17.7 Å². The van der Waals surface area contributed by atoms with Crippen LogP contribution in [0.2, 0.25) is 10.0 Å². The van der Waals surface area contributed by atoms with Crippen LogP contribution in [0.25, 0.3) is 11.5 Å². The fourth-order valence-corrected chi connectivity index (χ4v) is 3.71. The Hall–Kier alpha value is -2.45. The van der Waals surface area contributed by atoms with E-state index in [1.54, 1.807) is 18.2 Å². The molecular formula is C21H21Cl2N5O2. The van der Waals surface area contributed by atoms with Gasteiger partial charge in [-0.2, -0.15) is 0 Å². The van der Waals surface area contributed by atoms with Gasteiger partial charge in [-0.05, 0) is 24.3 Å². The molecule has 1 amide bonds. The number of carbonyl (C=O) groups excluding carboxylic acids is 1. The normalized spacial score (nSPS) is 15.3. The van der Waals surface area contributed by atoms with Gasteiger partial charge >= 0.3 is 0 Å². The van der Waals surface area contributed by atoms with Gasteiger partial charge in [0.1, 0.15) is 0 Å². The molecule has 9 heteroatoms. The van der Waals surface area contributed by atoms with E-state index in [9.17, 15) is 4.79 Å². The largest absolute Gasteiger partial charge is 0.419 e. The summed E-state index contributed by atoms with van der Waals surface area (Å²) in [5.41, 5.74) is 1.36. The Morgan fingerprint density at radius 3 is 2.33 bits per heavy atom. The summed E-state index contributed by atoms with van der Waals surface area (Å²) in [6, 6.07) is 14.6. The van der Waals surface area contributed by atoms with E-state index in [4.69, 9.17) is 27.6 Å². The average molecular weight is 446 g/mol. The summed E-state index contributed by atoms with van der Waals surface area (Å²) in [7, 11) is 0. The van der Waals surface area contributed by atoms with Crippen molar-refractivity contribution >= 4 is 34.8 Å². The van der Waals surface area contributed by atoms with Gasteiger partial charge in [0, 0.05) is 26.2 Å². The molecule has 2 aromatic carbocycles. The number of benzene rings is 2. The number of para-hydroxylation sites is 1. The van der Waals surface area contributed by atoms with Gasteiger partial charge < -0.3 is 9.73 Å². The first-order chi connectivity index (χ1) is 14.6. The molecule has 1 fully saturated rings. The van der Waals surface area contributed by atoms with Gasteiger partial charge in [-0.25, -0.2) is 0 Å². The van der Waals surface area contributed by atoms with Crippen molar-refractivity contribution in [2.24, 2.45) is 0 Å². The monoisotopic (exact) mass is 445 g/mol. The molecule has 1 saturated heterocycles. The zero-order chi connectivity index (χ0) is 20.9. The summed E-state index contributed by atoms with van der Waals surface area (Å²) in [5, 5.41) is 12.2. The van der Waals surface area contributed by atoms with Crippen molar-refractivity contribution in [3.8, 4) is 11.5 Å². The first kappa shape index (κ1) is 20.8. The third kappa shape index (κ3) is 5.17. The molecule has 0 radical (unpaired) electrons. The van der Waals surface area contributed by atoms with Gasteiger partial charge in [-0.3, -0.25) is 14.6 Å². The van der Waals surface area contributed by atoms with Crippen LogP contribution in [0.5, 0.6) is 0 Å². The van der Waals surface area contributed by atoms with Crippen molar-refractivity contribution in [1.29, 1.82) is 0 Å². The van der Waals surface area contributed by atoms with Crippen LogP contribution in [0.3, 0.4) is 0 Å². The number of nitrogens with zero attached hydrogens (tertiary/aromatic N) is 4. The van der Waals surface area contributed by atoms with E-state index in [1.807, 2.05) is 30.3 Å². The molecular weight excluding hydrogens is 425 g/mol. The SMILES string of the molecule is O=C(CN1CCN(Cc2nnc(-c3ccccc3Cl)o2)CC1)Nc1ccccc1Cl. The van der Waals surface area contributed by atoms with E-state index in [1.165, 1.54) is 0 Å². The smallest absolute Gasteiger partial charge is 0.249 e. The Kier molecular flexibility index (Phi) is 6.64. The predicted molar refractivity (Wildman–Crippen MR) is 117 cm³/mol. The summed E-state index contributed by atoms with van der Waals surface area (Å²) in [6.45, 7) is 4.07. The lowest BCUT2D eigenvalue weighted by atomic mass is 10.2. The number of amides is 1. The summed E-state index contributed by atoms with van der Waals surface area (Å²) in [6.07, 6.45) is 0. The Morgan fingerprint density at radius 1 is 0.933 bits per heavy atom. The van der Waals surface area contributed by atoms with Crippen LogP contribution >= 0.6 is 23.2 Å². The molecule has 7 nitrogen and oxygen atoms in total. The predicted octanol–water partition coefficient (Wildman–Crippen LogP) is 3.80. The van der Waals surface area contributed by atoms with Gasteiger partial charge in [0.25, 0.3) is 0 Å². The van der Waals surface area contributed by atoms with Crippen LogP contribution in [0.1, 0.15) is 5.89 Å². The topological polar surface area (TPSA) is 74.5 Å². The summed E-state index contributed by atoms with van der Waals surface area (Å²) in [4.78, 5) is 16.6. The van der Waals surface area contributed by atoms with E-state index < -0.39 is 0 Å². The Morgan fingerprint density at radius 2 is 1.60 bits per heavy atom. The second kappa shape index (κ2) is 9.57. The maximum atomic E-state index is 12.3. The van der Waals surface area contributed by atoms with Crippen LogP contribution in [0.15, 0.2) is 52.9 Å². The molecule has 30 heavy (non-hydrogen) atoms. The Bertz CT molecular complexity index is 1020. The molecule has 0 aliphatic carbocycles. The van der Waals surface area contributed by atoms with E-state index >= 15 is 0 Å². The van der Waals surface area contributed by atoms with E-state index in [0.717, 1.165) is 31.7 Å². The molecule has 156 valence electrons. The number of carbonyl (C=O) groups is 1. The summed E-state index contributed by atoms with van der Waals surface area (Å²) >= 11 is 12.3. The minimum Gasteiger partial charge on any atom is -0.419 e. The lowest BCUT2D eigenvalue weighted by Gasteiger charge is -2.33. The number of anilines is 1. The van der Waals surface area contributed by atoms with Crippen LogP contribution in [-0.4, -0.2) is 58.6 Å². The van der Waals surface area contributed by atoms with Crippen molar-refractivity contribution in [2.75, 3.05) is 38.0 Å². The van der Waals surface area contributed by atoms with Gasteiger partial charge in [0.05, 0.1) is 34.4 Å². The highest BCUT2D eigenvalue weighted by atomic mass is 35.5. The second-order valence-electron chi connectivity index (χ2n) is 7.06. The highest BCUT2D eigenvalue weighted by molar-refractivity contribution is 6.33. The lowest BCUT2D eigenvalue weighted by Crippen LogP contribution is -2.48. The number of rotatable bonds is 6. The minimum absolute atomic E-state index is 0.0715. The van der Waals surface area contributed by atoms with Crippen molar-refractivity contribution in [2.45, 2.75) is 6.54 Å². The molecule has 1 N–H and O–H groups in total. The zero-order valence-corrected chi connectivity index (χ0v) is 17.7. The van der Waals surface area contributed by atoms with Crippen LogP contribution < -0.4 is 5.32 Å². The lowest BCUT2D eigenvalue weighted by molar-refractivity contribution is -0.117. The molecule has 1 aromatic heterocycles. The molecule has 4 rings (SSSR count). The van der Waals surface area contributed by atoms with Crippen LogP contribution in [0, 0.1) is 0 Å². The van der Waals surface area contributed by atoms with Crippen molar-refractivity contribution in [1.82, 2.24) is 20.0 Å². The van der Waals surface area contributed by atoms with E-state index in [0.29, 0.717) is 40.6 Å². The molecule has 0 spiro atoms. The quantitative estimate of drug-likeness (QED) is 0.621. The third-order valence-electron chi connectivity index (χ3n) is 4.91. The first-order valence-corrected chi connectivity index (χ1v) is 10.4. The molecule has 0 atom stereocenters. The number of aromatic nitrogens is 2. The first-order valence-electron chi connectivity index (χ1n) is 9.65. The number of halogens is 2. The Labute approximate surface area is 184 Å². The van der Waals surface area contributed by atoms with Crippen molar-refractivity contribution < 1.29 is 9.21 Å². The standard InChI is InChI=1S/C21H21Cl2N5O2/c22-16-6-2-1-5-15(16)21-26-25-20(30-21)14-28-11-9-27(10-12-28)13-19(29)24-18-8-4-3-7-17(18)23/h1-8H,9-14H2,(H,24,29). The highest BCUT2D eigenvalue weighted by Gasteiger charge is 2.21. The second-order valence-corrected chi connectivity index (χ2v) is 7.88. The molecule has 1 aliphatic heterocycles. The van der Waals surface area contributed by atoms with Crippen molar-refractivity contribution in [3.63, 3.8) is 0 Å². The summed E-state index contributed by atoms with van der Waals surface area (Å²) < 4.78 is 5.78. The average Bonchev–Trinajstić information content (AvgIpc) is 3.20. The van der Waals surface area contributed by atoms with Gasteiger partial charge in [0.15, 0.2) is 0 Å². The fraction of sp³-hybridized carbons (Fsp3) is 0.286. The number of piperazine rings is 1. The van der Waals surface area contributed by atoms with E-state index in [2.05, 4.69) is 25.3 Å². The molecule has 0 saturated carbocycles. The zero-order valence-electron chi connectivity index (χ0n) is 16.2.